The van der Waals surface area contributed by atoms with Crippen molar-refractivity contribution in [1.29, 1.82) is 0 Å². The van der Waals surface area contributed by atoms with E-state index in [9.17, 15) is 8.78 Å². The number of hydrogen-bond acceptors (Lipinski definition) is 1. The van der Waals surface area contributed by atoms with E-state index in [1.54, 1.807) is 0 Å². The fourth-order valence-electron chi connectivity index (χ4n) is 0.353. The van der Waals surface area contributed by atoms with Crippen LogP contribution in [0.3, 0.4) is 0 Å². The minimum Gasteiger partial charge on any atom is -0.381 e. The molecule has 0 fully saturated rings. The Bertz CT molecular complexity index is 87.1. The molecule has 53 valence electrons. The Labute approximate surface area is 53.3 Å². The zero-order chi connectivity index (χ0) is 7.11. The van der Waals surface area contributed by atoms with Crippen molar-refractivity contribution >= 4 is 0 Å². The zero-order valence-corrected chi connectivity index (χ0v) is 5.07. The molecule has 0 saturated carbocycles. The molecule has 3 heteroatoms. The van der Waals surface area contributed by atoms with E-state index in [2.05, 4.69) is 6.92 Å². The average molecular weight is 135 g/mol. The molecule has 1 radical (unpaired) electrons. The maximum Gasteiger partial charge on any atom is 0.266 e. The van der Waals surface area contributed by atoms with E-state index in [0.29, 0.717) is 13.2 Å². The van der Waals surface area contributed by atoms with Gasteiger partial charge in [0.1, 0.15) is 0 Å². The molecule has 0 spiro atoms. The lowest BCUT2D eigenvalue weighted by molar-refractivity contribution is 0.165. The van der Waals surface area contributed by atoms with Crippen molar-refractivity contribution in [1.82, 2.24) is 0 Å². The highest BCUT2D eigenvalue weighted by Crippen LogP contribution is 1.98. The SMILES string of the molecule is [CH2]COCCC=C(F)F. The summed E-state index contributed by atoms with van der Waals surface area (Å²) in [4.78, 5) is 0. The molecule has 0 aromatic carbocycles. The normalized spacial score (nSPS) is 9.22. The van der Waals surface area contributed by atoms with Crippen molar-refractivity contribution in [3.63, 3.8) is 0 Å². The lowest BCUT2D eigenvalue weighted by Gasteiger charge is -1.93. The molecule has 9 heavy (non-hydrogen) atoms. The molecule has 0 unspecified atom stereocenters. The summed E-state index contributed by atoms with van der Waals surface area (Å²) in [5, 5.41) is 0. The molecule has 0 heterocycles. The molecule has 1 nitrogen and oxygen atoms in total. The van der Waals surface area contributed by atoms with Crippen LogP contribution in [0.15, 0.2) is 12.2 Å². The number of hydrogen-bond donors (Lipinski definition) is 0. The Hall–Kier alpha value is -0.440. The van der Waals surface area contributed by atoms with Gasteiger partial charge in [0.2, 0.25) is 0 Å². The first-order valence-corrected chi connectivity index (χ1v) is 2.65. The van der Waals surface area contributed by atoms with Crippen LogP contribution in [0.5, 0.6) is 0 Å². The first-order chi connectivity index (χ1) is 4.27. The van der Waals surface area contributed by atoms with Crippen LogP contribution in [-0.4, -0.2) is 13.2 Å². The molecular weight excluding hydrogens is 126 g/mol. The topological polar surface area (TPSA) is 9.23 Å². The van der Waals surface area contributed by atoms with Crippen LogP contribution in [-0.2, 0) is 4.74 Å². The van der Waals surface area contributed by atoms with Crippen molar-refractivity contribution in [3.8, 4) is 0 Å². The summed E-state index contributed by atoms with van der Waals surface area (Å²) in [6.07, 6.45) is -0.560. The fourth-order valence-corrected chi connectivity index (χ4v) is 0.353. The maximum atomic E-state index is 11.3. The average Bonchev–Trinajstić information content (AvgIpc) is 1.80. The van der Waals surface area contributed by atoms with Gasteiger partial charge in [-0.2, -0.15) is 8.78 Å². The minimum atomic E-state index is -1.65. The van der Waals surface area contributed by atoms with Crippen LogP contribution >= 0.6 is 0 Å². The van der Waals surface area contributed by atoms with E-state index in [4.69, 9.17) is 4.74 Å². The summed E-state index contributed by atoms with van der Waals surface area (Å²) in [6.45, 7) is 4.03. The predicted molar refractivity (Wildman–Crippen MR) is 31.1 cm³/mol. The van der Waals surface area contributed by atoms with Gasteiger partial charge in [0.25, 0.3) is 6.08 Å². The van der Waals surface area contributed by atoms with Crippen LogP contribution in [0.25, 0.3) is 0 Å². The highest BCUT2D eigenvalue weighted by atomic mass is 19.3. The lowest BCUT2D eigenvalue weighted by atomic mass is 10.4. The van der Waals surface area contributed by atoms with Crippen LogP contribution < -0.4 is 0 Å². The lowest BCUT2D eigenvalue weighted by Crippen LogP contribution is -1.90. The summed E-state index contributed by atoms with van der Waals surface area (Å²) < 4.78 is 27.2. The zero-order valence-electron chi connectivity index (χ0n) is 5.07. The first kappa shape index (κ1) is 8.56. The molecule has 0 aliphatic rings. The summed E-state index contributed by atoms with van der Waals surface area (Å²) in [5.41, 5.74) is 0. The van der Waals surface area contributed by atoms with E-state index in [-0.39, 0.29) is 6.42 Å². The van der Waals surface area contributed by atoms with Crippen molar-refractivity contribution in [2.24, 2.45) is 0 Å². The molecule has 0 aromatic rings. The van der Waals surface area contributed by atoms with Gasteiger partial charge < -0.3 is 4.74 Å². The highest BCUT2D eigenvalue weighted by Gasteiger charge is 1.86. The molecule has 0 atom stereocenters. The Morgan fingerprint density at radius 2 is 2.22 bits per heavy atom. The van der Waals surface area contributed by atoms with Gasteiger partial charge in [-0.05, 0) is 19.4 Å². The molecule has 0 aliphatic heterocycles. The van der Waals surface area contributed by atoms with Crippen LogP contribution in [0, 0.1) is 6.92 Å². The standard InChI is InChI=1S/C6H9F2O/c1-2-9-5-3-4-6(7)8/h4H,1-3,5H2. The Morgan fingerprint density at radius 1 is 1.56 bits per heavy atom. The van der Waals surface area contributed by atoms with Crippen LogP contribution in [0.2, 0.25) is 0 Å². The monoisotopic (exact) mass is 135 g/mol. The number of ether oxygens (including phenoxy) is 1. The molecule has 0 aliphatic carbocycles. The summed E-state index contributed by atoms with van der Waals surface area (Å²) in [6, 6.07) is 0. The quantitative estimate of drug-likeness (QED) is 0.536. The molecule has 0 rings (SSSR count). The third kappa shape index (κ3) is 7.56. The molecular formula is C6H9F2O. The van der Waals surface area contributed by atoms with E-state index >= 15 is 0 Å². The second kappa shape index (κ2) is 5.69. The Kier molecular flexibility index (Phi) is 5.41. The van der Waals surface area contributed by atoms with Crippen molar-refractivity contribution in [2.75, 3.05) is 13.2 Å². The van der Waals surface area contributed by atoms with Gasteiger partial charge in [0.15, 0.2) is 0 Å². The van der Waals surface area contributed by atoms with E-state index < -0.39 is 6.08 Å². The van der Waals surface area contributed by atoms with Gasteiger partial charge in [-0.3, -0.25) is 0 Å². The second-order valence-corrected chi connectivity index (χ2v) is 1.39. The molecule has 0 bridgehead atoms. The Balaban J connectivity index is 3.00. The fraction of sp³-hybridized carbons (Fsp3) is 0.500. The van der Waals surface area contributed by atoms with Gasteiger partial charge in [0, 0.05) is 6.61 Å². The molecule has 0 aromatic heterocycles. The van der Waals surface area contributed by atoms with Gasteiger partial charge in [-0.15, -0.1) is 0 Å². The van der Waals surface area contributed by atoms with Crippen molar-refractivity contribution in [2.45, 2.75) is 6.42 Å². The summed E-state index contributed by atoms with van der Waals surface area (Å²) >= 11 is 0. The maximum absolute atomic E-state index is 11.3. The van der Waals surface area contributed by atoms with E-state index in [0.717, 1.165) is 6.08 Å². The number of rotatable bonds is 4. The van der Waals surface area contributed by atoms with E-state index in [1.807, 2.05) is 0 Å². The summed E-state index contributed by atoms with van der Waals surface area (Å²) in [5.74, 6) is 0. The van der Waals surface area contributed by atoms with Gasteiger partial charge in [0.05, 0.1) is 6.61 Å². The highest BCUT2D eigenvalue weighted by molar-refractivity contribution is 4.79. The van der Waals surface area contributed by atoms with E-state index in [1.165, 1.54) is 0 Å². The largest absolute Gasteiger partial charge is 0.381 e. The third-order valence-electron chi connectivity index (χ3n) is 0.705. The second-order valence-electron chi connectivity index (χ2n) is 1.39. The van der Waals surface area contributed by atoms with Crippen molar-refractivity contribution < 1.29 is 13.5 Å². The van der Waals surface area contributed by atoms with Gasteiger partial charge in [-0.25, -0.2) is 0 Å². The van der Waals surface area contributed by atoms with Gasteiger partial charge in [-0.1, -0.05) is 0 Å². The minimum absolute atomic E-state index is 0.262. The first-order valence-electron chi connectivity index (χ1n) is 2.65. The smallest absolute Gasteiger partial charge is 0.266 e. The predicted octanol–water partition coefficient (Wildman–Crippen LogP) is 2.01. The Morgan fingerprint density at radius 3 is 2.67 bits per heavy atom. The third-order valence-corrected chi connectivity index (χ3v) is 0.705. The molecule has 0 N–H and O–H groups in total. The van der Waals surface area contributed by atoms with Gasteiger partial charge >= 0.3 is 0 Å². The van der Waals surface area contributed by atoms with Crippen LogP contribution in [0.1, 0.15) is 6.42 Å². The summed E-state index contributed by atoms with van der Waals surface area (Å²) in [7, 11) is 0. The molecule has 0 saturated heterocycles. The number of halogens is 2. The van der Waals surface area contributed by atoms with Crippen LogP contribution in [0.4, 0.5) is 8.78 Å². The molecule has 0 amide bonds. The van der Waals surface area contributed by atoms with Crippen molar-refractivity contribution in [3.05, 3.63) is 19.1 Å².